The summed E-state index contributed by atoms with van der Waals surface area (Å²) in [6, 6.07) is 17.0. The maximum atomic E-state index is 15.0. The zero-order valence-electron chi connectivity index (χ0n) is 18.2. The van der Waals surface area contributed by atoms with Crippen LogP contribution < -0.4 is 4.90 Å². The zero-order chi connectivity index (χ0) is 24.9. The van der Waals surface area contributed by atoms with Gasteiger partial charge in [-0.05, 0) is 24.3 Å². The molecule has 1 aliphatic heterocycles. The highest BCUT2D eigenvalue weighted by molar-refractivity contribution is 7.90. The third-order valence-corrected chi connectivity index (χ3v) is 7.80. The van der Waals surface area contributed by atoms with E-state index in [2.05, 4.69) is 4.98 Å². The molecule has 7 nitrogen and oxygen atoms in total. The molecule has 5 rings (SSSR count). The van der Waals surface area contributed by atoms with Gasteiger partial charge < -0.3 is 5.11 Å². The maximum Gasteiger partial charge on any atom is 0.301 e. The minimum atomic E-state index is -3.48. The molecular formula is C25H17FN2O5S2. The molecule has 1 aromatic heterocycles. The number of hydrogen-bond donors (Lipinski definition) is 1. The van der Waals surface area contributed by atoms with Crippen molar-refractivity contribution in [1.29, 1.82) is 0 Å². The van der Waals surface area contributed by atoms with Gasteiger partial charge in [0.15, 0.2) is 15.0 Å². The molecule has 10 heteroatoms. The number of carbonyl (C=O) groups excluding carboxylic acids is 2. The number of aliphatic hydroxyl groups is 1. The number of Topliss-reactive ketones (excluding diaryl/α,β-unsaturated/α-hetero) is 1. The molecule has 1 amide bonds. The van der Waals surface area contributed by atoms with Crippen LogP contribution in [-0.4, -0.2) is 36.5 Å². The van der Waals surface area contributed by atoms with E-state index in [9.17, 15) is 27.5 Å². The topological polar surface area (TPSA) is 105 Å². The van der Waals surface area contributed by atoms with E-state index in [1.165, 1.54) is 36.4 Å². The van der Waals surface area contributed by atoms with Crippen LogP contribution in [0.15, 0.2) is 83.3 Å². The van der Waals surface area contributed by atoms with Crippen LogP contribution in [0.5, 0.6) is 0 Å². The van der Waals surface area contributed by atoms with Gasteiger partial charge in [-0.1, -0.05) is 59.9 Å². The largest absolute Gasteiger partial charge is 0.507 e. The van der Waals surface area contributed by atoms with Crippen LogP contribution in [0.2, 0.25) is 0 Å². The van der Waals surface area contributed by atoms with Gasteiger partial charge in [0.2, 0.25) is 0 Å². The quantitative estimate of drug-likeness (QED) is 0.248. The lowest BCUT2D eigenvalue weighted by Gasteiger charge is -2.23. The van der Waals surface area contributed by atoms with Crippen LogP contribution in [0.25, 0.3) is 16.0 Å². The smallest absolute Gasteiger partial charge is 0.301 e. The van der Waals surface area contributed by atoms with E-state index in [0.29, 0.717) is 15.8 Å². The number of hydrogen-bond acceptors (Lipinski definition) is 7. The number of aliphatic hydroxyl groups excluding tert-OH is 1. The molecule has 1 aliphatic rings. The molecule has 2 heterocycles. The van der Waals surface area contributed by atoms with Crippen molar-refractivity contribution in [3.8, 4) is 0 Å². The minimum absolute atomic E-state index is 0.0141. The Hall–Kier alpha value is -3.89. The van der Waals surface area contributed by atoms with Crippen LogP contribution in [0.3, 0.4) is 0 Å². The van der Waals surface area contributed by atoms with E-state index >= 15 is 0 Å². The van der Waals surface area contributed by atoms with Gasteiger partial charge in [0, 0.05) is 17.4 Å². The first kappa shape index (κ1) is 22.9. The summed E-state index contributed by atoms with van der Waals surface area (Å²) < 4.78 is 39.4. The van der Waals surface area contributed by atoms with Crippen LogP contribution in [-0.2, 0) is 19.4 Å². The summed E-state index contributed by atoms with van der Waals surface area (Å²) in [7, 11) is -3.48. The lowest BCUT2D eigenvalue weighted by molar-refractivity contribution is -0.132. The van der Waals surface area contributed by atoms with Crippen LogP contribution in [0, 0.1) is 5.82 Å². The third-order valence-electron chi connectivity index (χ3n) is 5.67. The summed E-state index contributed by atoms with van der Waals surface area (Å²) in [5.74, 6) is -3.04. The second-order valence-corrected chi connectivity index (χ2v) is 11.0. The monoisotopic (exact) mass is 508 g/mol. The molecule has 1 fully saturated rings. The van der Waals surface area contributed by atoms with E-state index in [0.717, 1.165) is 22.5 Å². The molecule has 4 aromatic rings. The average molecular weight is 509 g/mol. The lowest BCUT2D eigenvalue weighted by Crippen LogP contribution is -2.29. The number of aromatic nitrogens is 1. The number of thiazole rings is 1. The number of carbonyl (C=O) groups is 2. The highest BCUT2D eigenvalue weighted by Gasteiger charge is 2.49. The van der Waals surface area contributed by atoms with Gasteiger partial charge in [0.1, 0.15) is 17.6 Å². The van der Waals surface area contributed by atoms with Crippen molar-refractivity contribution < 1.29 is 27.5 Å². The number of sulfone groups is 1. The molecule has 1 atom stereocenters. The summed E-state index contributed by atoms with van der Waals surface area (Å²) >= 11 is 0.995. The Labute approximate surface area is 203 Å². The molecular weight excluding hydrogens is 491 g/mol. The maximum absolute atomic E-state index is 15.0. The summed E-state index contributed by atoms with van der Waals surface area (Å²) in [6.07, 6.45) is 1.08. The SMILES string of the molecule is CS(=O)(=O)c1ccc2nc(N3C(=O)C(=O)C(=C(O)c4ccccc4)C3c3ccccc3F)sc2c1. The molecule has 0 saturated carbocycles. The Bertz CT molecular complexity index is 1640. The molecule has 1 N–H and O–H groups in total. The fraction of sp³-hybridized carbons (Fsp3) is 0.0800. The fourth-order valence-electron chi connectivity index (χ4n) is 4.00. The second kappa shape index (κ2) is 8.40. The molecule has 3 aromatic carbocycles. The summed E-state index contributed by atoms with van der Waals surface area (Å²) in [6.45, 7) is 0. The Balaban J connectivity index is 1.74. The third kappa shape index (κ3) is 3.90. The Morgan fingerprint density at radius 1 is 1.03 bits per heavy atom. The van der Waals surface area contributed by atoms with E-state index in [1.807, 2.05) is 0 Å². The van der Waals surface area contributed by atoms with Crippen molar-refractivity contribution >= 4 is 54.0 Å². The van der Waals surface area contributed by atoms with Gasteiger partial charge in [0.25, 0.3) is 5.78 Å². The van der Waals surface area contributed by atoms with Gasteiger partial charge in [-0.25, -0.2) is 17.8 Å². The number of rotatable bonds is 4. The van der Waals surface area contributed by atoms with Crippen LogP contribution in [0.1, 0.15) is 17.2 Å². The van der Waals surface area contributed by atoms with Crippen molar-refractivity contribution in [2.45, 2.75) is 10.9 Å². The summed E-state index contributed by atoms with van der Waals surface area (Å²) in [4.78, 5) is 32.0. The van der Waals surface area contributed by atoms with Crippen molar-refractivity contribution in [2.75, 3.05) is 11.2 Å². The molecule has 0 aliphatic carbocycles. The average Bonchev–Trinajstić information content (AvgIpc) is 3.37. The number of nitrogens with zero attached hydrogens (tertiary/aromatic N) is 2. The number of fused-ring (bicyclic) bond motifs is 1. The highest BCUT2D eigenvalue weighted by Crippen LogP contribution is 2.45. The lowest BCUT2D eigenvalue weighted by atomic mass is 9.95. The van der Waals surface area contributed by atoms with Gasteiger partial charge in [-0.2, -0.15) is 0 Å². The van der Waals surface area contributed by atoms with Gasteiger partial charge in [-0.3, -0.25) is 14.5 Å². The number of halogens is 1. The summed E-state index contributed by atoms with van der Waals surface area (Å²) in [5, 5.41) is 11.1. The van der Waals surface area contributed by atoms with Crippen molar-refractivity contribution in [2.24, 2.45) is 0 Å². The first-order valence-electron chi connectivity index (χ1n) is 10.4. The number of ketones is 1. The molecule has 1 unspecified atom stereocenters. The van der Waals surface area contributed by atoms with Crippen LogP contribution >= 0.6 is 11.3 Å². The highest BCUT2D eigenvalue weighted by atomic mass is 32.2. The number of amides is 1. The van der Waals surface area contributed by atoms with Gasteiger partial charge in [-0.15, -0.1) is 0 Å². The molecule has 0 bridgehead atoms. The Morgan fingerprint density at radius 3 is 2.40 bits per heavy atom. The second-order valence-electron chi connectivity index (χ2n) is 7.95. The van der Waals surface area contributed by atoms with E-state index in [1.54, 1.807) is 36.4 Å². The van der Waals surface area contributed by atoms with Crippen molar-refractivity contribution in [1.82, 2.24) is 4.98 Å². The standard InChI is InChI=1S/C25H17FN2O5S2/c1-35(32,33)15-11-12-18-19(13-15)34-25(27-18)28-21(16-9-5-6-10-17(16)26)20(23(30)24(28)31)22(29)14-7-3-2-4-8-14/h2-13,21,29H,1H3. The van der Waals surface area contributed by atoms with Crippen molar-refractivity contribution in [3.63, 3.8) is 0 Å². The molecule has 35 heavy (non-hydrogen) atoms. The fourth-order valence-corrected chi connectivity index (χ4v) is 5.75. The normalized spacial score (nSPS) is 17.9. The van der Waals surface area contributed by atoms with Gasteiger partial charge >= 0.3 is 5.91 Å². The van der Waals surface area contributed by atoms with Crippen LogP contribution in [0.4, 0.5) is 9.52 Å². The molecule has 1 saturated heterocycles. The minimum Gasteiger partial charge on any atom is -0.507 e. The predicted molar refractivity (Wildman–Crippen MR) is 130 cm³/mol. The first-order valence-corrected chi connectivity index (χ1v) is 13.1. The molecule has 176 valence electrons. The van der Waals surface area contributed by atoms with E-state index < -0.39 is 39.1 Å². The first-order chi connectivity index (χ1) is 16.7. The molecule has 0 spiro atoms. The van der Waals surface area contributed by atoms with Gasteiger partial charge in [0.05, 0.1) is 20.7 Å². The predicted octanol–water partition coefficient (Wildman–Crippen LogP) is 4.47. The number of benzene rings is 3. The number of anilines is 1. The Kier molecular flexibility index (Phi) is 5.49. The van der Waals surface area contributed by atoms with E-state index in [-0.39, 0.29) is 21.2 Å². The molecule has 0 radical (unpaired) electrons. The Morgan fingerprint density at radius 2 is 1.71 bits per heavy atom. The zero-order valence-corrected chi connectivity index (χ0v) is 19.8. The van der Waals surface area contributed by atoms with Crippen molar-refractivity contribution in [3.05, 3.63) is 95.3 Å². The summed E-state index contributed by atoms with van der Waals surface area (Å²) in [5.41, 5.74) is 0.464. The van der Waals surface area contributed by atoms with E-state index in [4.69, 9.17) is 0 Å².